The van der Waals surface area contributed by atoms with Crippen molar-refractivity contribution < 1.29 is 28.9 Å². The van der Waals surface area contributed by atoms with Crippen molar-refractivity contribution in [1.29, 1.82) is 0 Å². The lowest BCUT2D eigenvalue weighted by atomic mass is 9.94. The van der Waals surface area contributed by atoms with Gasteiger partial charge in [-0.05, 0) is 43.7 Å². The number of carbonyl (C=O) groups excluding carboxylic acids is 2. The standard InChI is InChI=1S/C30H32N4O6S/c1-4-40-22-10-9-19(17-23(22)38-3)25-24(27(36)29(37)33(25)12-11-32-13-15-39-16-14-32)26(35)28-18(2)34-21-8-6-5-7-20(21)31-30(34)41-28/h5-10,17,25,36H,4,11-16H2,1-3H3. The number of Topliss-reactive ketones (excluding diaryl/α,β-unsaturated/α-hetero) is 1. The summed E-state index contributed by atoms with van der Waals surface area (Å²) in [6.45, 7) is 7.92. The number of ketones is 1. The van der Waals surface area contributed by atoms with Crippen molar-refractivity contribution in [3.8, 4) is 11.5 Å². The average molecular weight is 577 g/mol. The number of carbonyl (C=O) groups is 2. The van der Waals surface area contributed by atoms with Crippen molar-refractivity contribution in [1.82, 2.24) is 19.2 Å². The maximum atomic E-state index is 14.3. The molecule has 10 nitrogen and oxygen atoms in total. The number of aliphatic hydroxyl groups excluding tert-OH is 1. The van der Waals surface area contributed by atoms with Gasteiger partial charge in [0.15, 0.2) is 22.2 Å². The lowest BCUT2D eigenvalue weighted by molar-refractivity contribution is -0.129. The summed E-state index contributed by atoms with van der Waals surface area (Å²) in [5.74, 6) is -0.430. The van der Waals surface area contributed by atoms with E-state index in [-0.39, 0.29) is 11.4 Å². The molecule has 1 N–H and O–H groups in total. The van der Waals surface area contributed by atoms with Crippen molar-refractivity contribution in [2.24, 2.45) is 0 Å². The van der Waals surface area contributed by atoms with Crippen molar-refractivity contribution in [2.75, 3.05) is 53.1 Å². The van der Waals surface area contributed by atoms with Crippen LogP contribution < -0.4 is 9.47 Å². The third kappa shape index (κ3) is 4.73. The molecule has 0 spiro atoms. The summed E-state index contributed by atoms with van der Waals surface area (Å²) in [7, 11) is 1.55. The van der Waals surface area contributed by atoms with Crippen molar-refractivity contribution in [3.05, 3.63) is 69.9 Å². The molecule has 41 heavy (non-hydrogen) atoms. The van der Waals surface area contributed by atoms with Crippen LogP contribution in [0, 0.1) is 6.92 Å². The van der Waals surface area contributed by atoms with Crippen molar-refractivity contribution in [2.45, 2.75) is 19.9 Å². The normalized spacial score (nSPS) is 18.2. The van der Waals surface area contributed by atoms with Gasteiger partial charge in [-0.3, -0.25) is 18.9 Å². The number of thiazole rings is 1. The molecule has 1 atom stereocenters. The molecule has 4 heterocycles. The molecule has 0 bridgehead atoms. The van der Waals surface area contributed by atoms with E-state index in [0.29, 0.717) is 65.5 Å². The highest BCUT2D eigenvalue weighted by atomic mass is 32.1. The van der Waals surface area contributed by atoms with Gasteiger partial charge in [0.25, 0.3) is 5.91 Å². The number of hydrogen-bond acceptors (Lipinski definition) is 9. The first-order valence-electron chi connectivity index (χ1n) is 13.7. The molecule has 0 aliphatic carbocycles. The summed E-state index contributed by atoms with van der Waals surface area (Å²) in [6.07, 6.45) is 0. The van der Waals surface area contributed by atoms with Crippen LogP contribution >= 0.6 is 11.3 Å². The summed E-state index contributed by atoms with van der Waals surface area (Å²) in [6, 6.07) is 12.3. The highest BCUT2D eigenvalue weighted by Gasteiger charge is 2.45. The Hall–Kier alpha value is -3.93. The number of hydrogen-bond donors (Lipinski definition) is 1. The third-order valence-corrected chi connectivity index (χ3v) is 8.85. The molecule has 11 heteroatoms. The van der Waals surface area contributed by atoms with Gasteiger partial charge in [0.05, 0.1) is 54.5 Å². The molecule has 6 rings (SSSR count). The maximum Gasteiger partial charge on any atom is 0.290 e. The van der Waals surface area contributed by atoms with Gasteiger partial charge >= 0.3 is 0 Å². The maximum absolute atomic E-state index is 14.3. The topological polar surface area (TPSA) is 106 Å². The fourth-order valence-corrected chi connectivity index (χ4v) is 6.76. The van der Waals surface area contributed by atoms with Crippen LogP contribution in [0.15, 0.2) is 53.8 Å². The Labute approximate surface area is 241 Å². The lowest BCUT2D eigenvalue weighted by Gasteiger charge is -2.32. The van der Waals surface area contributed by atoms with Gasteiger partial charge in [-0.1, -0.05) is 29.5 Å². The number of aryl methyl sites for hydroxylation is 1. The first kappa shape index (κ1) is 27.3. The van der Waals surface area contributed by atoms with Crippen molar-refractivity contribution >= 4 is 39.0 Å². The molecule has 2 aromatic heterocycles. The Kier molecular flexibility index (Phi) is 7.41. The molecule has 1 unspecified atom stereocenters. The van der Waals surface area contributed by atoms with Crippen LogP contribution in [-0.4, -0.2) is 89.1 Å². The first-order valence-corrected chi connectivity index (χ1v) is 14.5. The van der Waals surface area contributed by atoms with Crippen LogP contribution in [0.2, 0.25) is 0 Å². The quantitative estimate of drug-likeness (QED) is 0.296. The molecule has 2 aliphatic rings. The Balaban J connectivity index is 1.42. The van der Waals surface area contributed by atoms with E-state index in [1.165, 1.54) is 11.3 Å². The second-order valence-corrected chi connectivity index (χ2v) is 11.0. The van der Waals surface area contributed by atoms with Gasteiger partial charge in [0.2, 0.25) is 5.78 Å². The van der Waals surface area contributed by atoms with Gasteiger partial charge in [-0.15, -0.1) is 0 Å². The molecular weight excluding hydrogens is 544 g/mol. The third-order valence-electron chi connectivity index (χ3n) is 7.71. The van der Waals surface area contributed by atoms with Crippen LogP contribution in [-0.2, 0) is 9.53 Å². The number of nitrogens with zero attached hydrogens (tertiary/aromatic N) is 4. The zero-order valence-corrected chi connectivity index (χ0v) is 24.1. The van der Waals surface area contributed by atoms with Crippen LogP contribution in [0.5, 0.6) is 11.5 Å². The van der Waals surface area contributed by atoms with E-state index in [2.05, 4.69) is 4.90 Å². The fourth-order valence-electron chi connectivity index (χ4n) is 5.66. The summed E-state index contributed by atoms with van der Waals surface area (Å²) < 4.78 is 18.7. The Morgan fingerprint density at radius 1 is 1.15 bits per heavy atom. The average Bonchev–Trinajstić information content (AvgIpc) is 3.61. The van der Waals surface area contributed by atoms with Crippen LogP contribution in [0.1, 0.15) is 33.9 Å². The van der Waals surface area contributed by atoms with E-state index in [9.17, 15) is 14.7 Å². The number of benzene rings is 2. The predicted molar refractivity (Wildman–Crippen MR) is 155 cm³/mol. The smallest absolute Gasteiger partial charge is 0.290 e. The zero-order chi connectivity index (χ0) is 28.7. The number of ether oxygens (including phenoxy) is 3. The van der Waals surface area contributed by atoms with E-state index in [4.69, 9.17) is 19.2 Å². The zero-order valence-electron chi connectivity index (χ0n) is 23.3. The van der Waals surface area contributed by atoms with Gasteiger partial charge in [0.1, 0.15) is 0 Å². The molecule has 1 saturated heterocycles. The van der Waals surface area contributed by atoms with Crippen molar-refractivity contribution in [3.63, 3.8) is 0 Å². The lowest BCUT2D eigenvalue weighted by Crippen LogP contribution is -2.43. The first-order chi connectivity index (χ1) is 19.9. The molecule has 2 aliphatic heterocycles. The Morgan fingerprint density at radius 3 is 2.68 bits per heavy atom. The highest BCUT2D eigenvalue weighted by molar-refractivity contribution is 7.19. The van der Waals surface area contributed by atoms with Gasteiger partial charge in [-0.2, -0.15) is 0 Å². The number of para-hydroxylation sites is 2. The molecule has 1 amide bonds. The van der Waals surface area contributed by atoms with E-state index < -0.39 is 17.7 Å². The minimum atomic E-state index is -0.800. The van der Waals surface area contributed by atoms with Crippen LogP contribution in [0.4, 0.5) is 0 Å². The molecular formula is C30H32N4O6S. The number of morpholine rings is 1. The number of fused-ring (bicyclic) bond motifs is 3. The molecule has 1 fully saturated rings. The number of rotatable bonds is 9. The molecule has 2 aromatic carbocycles. The monoisotopic (exact) mass is 576 g/mol. The van der Waals surface area contributed by atoms with E-state index in [0.717, 1.165) is 24.1 Å². The van der Waals surface area contributed by atoms with E-state index in [1.54, 1.807) is 24.1 Å². The number of amides is 1. The molecule has 0 radical (unpaired) electrons. The molecule has 214 valence electrons. The van der Waals surface area contributed by atoms with Crippen LogP contribution in [0.3, 0.4) is 0 Å². The second-order valence-electron chi connectivity index (χ2n) is 10.0. The highest BCUT2D eigenvalue weighted by Crippen LogP contribution is 2.43. The van der Waals surface area contributed by atoms with Crippen LogP contribution in [0.25, 0.3) is 16.0 Å². The predicted octanol–water partition coefficient (Wildman–Crippen LogP) is 4.18. The molecule has 0 saturated carbocycles. The van der Waals surface area contributed by atoms with Gasteiger partial charge < -0.3 is 24.2 Å². The van der Waals surface area contributed by atoms with E-state index in [1.807, 2.05) is 48.6 Å². The second kappa shape index (κ2) is 11.2. The Morgan fingerprint density at radius 2 is 1.93 bits per heavy atom. The minimum Gasteiger partial charge on any atom is -0.503 e. The number of methoxy groups -OCH3 is 1. The largest absolute Gasteiger partial charge is 0.503 e. The van der Waals surface area contributed by atoms with E-state index >= 15 is 0 Å². The SMILES string of the molecule is CCOc1ccc(C2C(C(=O)c3sc4nc5ccccc5n4c3C)=C(O)C(=O)N2CCN2CCOCC2)cc1OC. The summed E-state index contributed by atoms with van der Waals surface area (Å²) in [4.78, 5) is 37.4. The summed E-state index contributed by atoms with van der Waals surface area (Å²) >= 11 is 1.26. The number of aromatic nitrogens is 2. The fraction of sp³-hybridized carbons (Fsp3) is 0.367. The van der Waals surface area contributed by atoms with Gasteiger partial charge in [-0.25, -0.2) is 4.98 Å². The number of aliphatic hydroxyl groups is 1. The Bertz CT molecular complexity index is 1670. The van der Waals surface area contributed by atoms with Gasteiger partial charge in [0, 0.05) is 31.9 Å². The summed E-state index contributed by atoms with van der Waals surface area (Å²) in [5, 5.41) is 11.2. The molecule has 4 aromatic rings. The summed E-state index contributed by atoms with van der Waals surface area (Å²) in [5.41, 5.74) is 3.16. The number of imidazole rings is 1. The minimum absolute atomic E-state index is 0.0556.